The number of rotatable bonds is 2. The van der Waals surface area contributed by atoms with Gasteiger partial charge < -0.3 is 11.1 Å². The van der Waals surface area contributed by atoms with Crippen molar-refractivity contribution in [2.24, 2.45) is 0 Å². The van der Waals surface area contributed by atoms with Gasteiger partial charge in [-0.15, -0.1) is 0 Å². The Hall–Kier alpha value is -2.58. The van der Waals surface area contributed by atoms with Crippen LogP contribution in [0.25, 0.3) is 0 Å². The van der Waals surface area contributed by atoms with Gasteiger partial charge in [-0.25, -0.2) is 4.39 Å². The van der Waals surface area contributed by atoms with Crippen LogP contribution in [0.15, 0.2) is 36.4 Å². The first-order valence-electron chi connectivity index (χ1n) is 5.57. The summed E-state index contributed by atoms with van der Waals surface area (Å²) in [6.07, 6.45) is 0. The van der Waals surface area contributed by atoms with Gasteiger partial charge in [-0.05, 0) is 36.4 Å². The molecule has 100 valence electrons. The van der Waals surface area contributed by atoms with Crippen LogP contribution in [-0.2, 0) is 0 Å². The Balaban J connectivity index is 2.23. The Labute approximate surface area is 119 Å². The van der Waals surface area contributed by atoms with Crippen LogP contribution in [0.5, 0.6) is 0 Å². The molecule has 1 amide bonds. The average Bonchev–Trinajstić information content (AvgIpc) is 2.43. The lowest BCUT2D eigenvalue weighted by molar-refractivity contribution is 0.102. The Morgan fingerprint density at radius 3 is 2.65 bits per heavy atom. The number of nitriles is 1. The second-order valence-corrected chi connectivity index (χ2v) is 4.40. The lowest BCUT2D eigenvalue weighted by atomic mass is 10.1. The minimum absolute atomic E-state index is 0.0116. The van der Waals surface area contributed by atoms with Gasteiger partial charge >= 0.3 is 0 Å². The molecule has 6 heteroatoms. The smallest absolute Gasteiger partial charge is 0.255 e. The van der Waals surface area contributed by atoms with Gasteiger partial charge in [-0.3, -0.25) is 4.79 Å². The molecule has 4 nitrogen and oxygen atoms in total. The van der Waals surface area contributed by atoms with Gasteiger partial charge in [0.1, 0.15) is 5.82 Å². The van der Waals surface area contributed by atoms with E-state index in [1.807, 2.05) is 6.07 Å². The maximum Gasteiger partial charge on any atom is 0.255 e. The van der Waals surface area contributed by atoms with Crippen LogP contribution in [0.3, 0.4) is 0 Å². The number of benzene rings is 2. The molecule has 0 unspecified atom stereocenters. The van der Waals surface area contributed by atoms with Gasteiger partial charge in [-0.1, -0.05) is 11.6 Å². The molecule has 0 aliphatic carbocycles. The number of nitrogens with one attached hydrogen (secondary N) is 1. The average molecular weight is 290 g/mol. The van der Waals surface area contributed by atoms with Crippen molar-refractivity contribution in [2.75, 3.05) is 11.1 Å². The van der Waals surface area contributed by atoms with Crippen LogP contribution in [0, 0.1) is 17.1 Å². The van der Waals surface area contributed by atoms with Crippen molar-refractivity contribution in [3.05, 3.63) is 58.4 Å². The normalized spacial score (nSPS) is 9.85. The van der Waals surface area contributed by atoms with E-state index in [0.717, 1.165) is 6.07 Å². The predicted octanol–water partition coefficient (Wildman–Crippen LogP) is 3.19. The number of halogens is 2. The number of hydrogen-bond donors (Lipinski definition) is 2. The molecule has 0 radical (unpaired) electrons. The molecule has 0 bridgehead atoms. The quantitative estimate of drug-likeness (QED) is 0.833. The van der Waals surface area contributed by atoms with E-state index in [-0.39, 0.29) is 22.5 Å². The zero-order valence-electron chi connectivity index (χ0n) is 10.2. The van der Waals surface area contributed by atoms with Crippen molar-refractivity contribution in [1.82, 2.24) is 0 Å². The number of anilines is 2. The van der Waals surface area contributed by atoms with Crippen LogP contribution in [0.1, 0.15) is 15.9 Å². The summed E-state index contributed by atoms with van der Waals surface area (Å²) in [5.74, 6) is -1.20. The molecule has 0 fully saturated rings. The van der Waals surface area contributed by atoms with Gasteiger partial charge in [0.05, 0.1) is 28.0 Å². The second-order valence-electron chi connectivity index (χ2n) is 4.00. The van der Waals surface area contributed by atoms with E-state index in [2.05, 4.69) is 5.32 Å². The summed E-state index contributed by atoms with van der Waals surface area (Å²) in [5.41, 5.74) is 6.29. The summed E-state index contributed by atoms with van der Waals surface area (Å²) in [7, 11) is 0. The molecule has 3 N–H and O–H groups in total. The van der Waals surface area contributed by atoms with Crippen LogP contribution in [0.2, 0.25) is 5.02 Å². The first-order valence-corrected chi connectivity index (χ1v) is 5.95. The maximum atomic E-state index is 13.6. The highest BCUT2D eigenvalue weighted by Crippen LogP contribution is 2.21. The first-order chi connectivity index (χ1) is 9.51. The molecule has 0 aromatic heterocycles. The van der Waals surface area contributed by atoms with Gasteiger partial charge in [-0.2, -0.15) is 5.26 Å². The summed E-state index contributed by atoms with van der Waals surface area (Å²) >= 11 is 5.76. The van der Waals surface area contributed by atoms with Crippen LogP contribution >= 0.6 is 11.6 Å². The molecule has 0 aliphatic heterocycles. The molecule has 0 aliphatic rings. The maximum absolute atomic E-state index is 13.6. The number of carbonyl (C=O) groups is 1. The predicted molar refractivity (Wildman–Crippen MR) is 74.9 cm³/mol. The van der Waals surface area contributed by atoms with Gasteiger partial charge in [0.25, 0.3) is 5.91 Å². The summed E-state index contributed by atoms with van der Waals surface area (Å²) in [5, 5.41) is 11.4. The minimum atomic E-state index is -0.681. The third-order valence-corrected chi connectivity index (χ3v) is 2.95. The van der Waals surface area contributed by atoms with Crippen LogP contribution in [-0.4, -0.2) is 5.91 Å². The molecule has 2 aromatic carbocycles. The van der Waals surface area contributed by atoms with E-state index in [9.17, 15) is 9.18 Å². The van der Waals surface area contributed by atoms with E-state index in [0.29, 0.717) is 5.02 Å². The summed E-state index contributed by atoms with van der Waals surface area (Å²) in [6.45, 7) is 0. The van der Waals surface area contributed by atoms with Crippen molar-refractivity contribution < 1.29 is 9.18 Å². The van der Waals surface area contributed by atoms with Gasteiger partial charge in [0.2, 0.25) is 0 Å². The third-order valence-electron chi connectivity index (χ3n) is 2.60. The number of nitrogens with zero attached hydrogens (tertiary/aromatic N) is 1. The fourth-order valence-electron chi connectivity index (χ4n) is 1.57. The molecule has 0 saturated heterocycles. The first kappa shape index (κ1) is 13.8. The topological polar surface area (TPSA) is 78.9 Å². The SMILES string of the molecule is N#Cc1ccc(NC(=O)c2ccc(Cl)c(N)c2)c(F)c1. The fourth-order valence-corrected chi connectivity index (χ4v) is 1.68. The van der Waals surface area contributed by atoms with Crippen molar-refractivity contribution in [3.8, 4) is 6.07 Å². The molecule has 2 aromatic rings. The molecule has 2 rings (SSSR count). The zero-order valence-corrected chi connectivity index (χ0v) is 10.9. The van der Waals surface area contributed by atoms with Crippen LogP contribution < -0.4 is 11.1 Å². The summed E-state index contributed by atoms with van der Waals surface area (Å²) < 4.78 is 13.6. The second kappa shape index (κ2) is 5.59. The Bertz CT molecular complexity index is 725. The number of nitrogens with two attached hydrogens (primary N) is 1. The molecule has 0 atom stereocenters. The third kappa shape index (κ3) is 2.87. The summed E-state index contributed by atoms with van der Waals surface area (Å²) in [6, 6.07) is 9.96. The monoisotopic (exact) mass is 289 g/mol. The van der Waals surface area contributed by atoms with Crippen LogP contribution in [0.4, 0.5) is 15.8 Å². The lowest BCUT2D eigenvalue weighted by Crippen LogP contribution is -2.13. The Morgan fingerprint density at radius 1 is 1.30 bits per heavy atom. The molecule has 20 heavy (non-hydrogen) atoms. The molecular weight excluding hydrogens is 281 g/mol. The standard InChI is InChI=1S/C14H9ClFN3O/c15-10-3-2-9(6-12(10)18)14(20)19-13-4-1-8(7-17)5-11(13)16/h1-6H,18H2,(H,19,20). The number of carbonyl (C=O) groups excluding carboxylic acids is 1. The molecule has 0 heterocycles. The van der Waals surface area contributed by atoms with Crippen molar-refractivity contribution in [2.45, 2.75) is 0 Å². The Morgan fingerprint density at radius 2 is 2.05 bits per heavy atom. The summed E-state index contributed by atoms with van der Waals surface area (Å²) in [4.78, 5) is 11.9. The lowest BCUT2D eigenvalue weighted by Gasteiger charge is -2.07. The number of amides is 1. The van der Waals surface area contributed by atoms with E-state index in [4.69, 9.17) is 22.6 Å². The minimum Gasteiger partial charge on any atom is -0.398 e. The van der Waals surface area contributed by atoms with Crippen molar-refractivity contribution in [3.63, 3.8) is 0 Å². The Kier molecular flexibility index (Phi) is 3.87. The largest absolute Gasteiger partial charge is 0.398 e. The zero-order chi connectivity index (χ0) is 14.7. The van der Waals surface area contributed by atoms with E-state index in [1.54, 1.807) is 0 Å². The highest BCUT2D eigenvalue weighted by Gasteiger charge is 2.11. The molecule has 0 saturated carbocycles. The molecular formula is C14H9ClFN3O. The number of hydrogen-bond acceptors (Lipinski definition) is 3. The number of nitrogen functional groups attached to an aromatic ring is 1. The van der Waals surface area contributed by atoms with Crippen molar-refractivity contribution in [1.29, 1.82) is 5.26 Å². The van der Waals surface area contributed by atoms with E-state index in [1.165, 1.54) is 30.3 Å². The molecule has 0 spiro atoms. The van der Waals surface area contributed by atoms with E-state index < -0.39 is 11.7 Å². The van der Waals surface area contributed by atoms with E-state index >= 15 is 0 Å². The van der Waals surface area contributed by atoms with Gasteiger partial charge in [0, 0.05) is 5.56 Å². The van der Waals surface area contributed by atoms with Gasteiger partial charge in [0.15, 0.2) is 0 Å². The fraction of sp³-hybridized carbons (Fsp3) is 0. The van der Waals surface area contributed by atoms with Crippen molar-refractivity contribution >= 4 is 28.9 Å². The highest BCUT2D eigenvalue weighted by atomic mass is 35.5. The highest BCUT2D eigenvalue weighted by molar-refractivity contribution is 6.33.